The number of carbonyl (C=O) groups excluding carboxylic acids is 3. The second-order valence-corrected chi connectivity index (χ2v) is 19.2. The molecule has 0 rings (SSSR count). The third kappa shape index (κ3) is 52.3. The van der Waals surface area contributed by atoms with Gasteiger partial charge in [0.15, 0.2) is 6.10 Å². The molecule has 0 saturated heterocycles. The number of esters is 3. The van der Waals surface area contributed by atoms with E-state index in [1.54, 1.807) is 0 Å². The maximum absolute atomic E-state index is 12.8. The summed E-state index contributed by atoms with van der Waals surface area (Å²) < 4.78 is 16.7. The summed E-state index contributed by atoms with van der Waals surface area (Å²) in [5.41, 5.74) is 0. The highest BCUT2D eigenvalue weighted by Gasteiger charge is 2.19. The Kier molecular flexibility index (Phi) is 52.8. The zero-order valence-corrected chi connectivity index (χ0v) is 44.0. The highest BCUT2D eigenvalue weighted by molar-refractivity contribution is 5.71. The fourth-order valence-electron chi connectivity index (χ4n) is 8.21. The number of ether oxygens (including phenoxy) is 3. The first-order valence-corrected chi connectivity index (χ1v) is 28.6. The number of hydrogen-bond acceptors (Lipinski definition) is 6. The third-order valence-corrected chi connectivity index (χ3v) is 12.6. The van der Waals surface area contributed by atoms with Crippen molar-refractivity contribution in [1.29, 1.82) is 0 Å². The fourth-order valence-corrected chi connectivity index (χ4v) is 8.21. The van der Waals surface area contributed by atoms with E-state index >= 15 is 0 Å². The van der Waals surface area contributed by atoms with Crippen LogP contribution in [0.25, 0.3) is 0 Å². The van der Waals surface area contributed by atoms with Gasteiger partial charge >= 0.3 is 17.9 Å². The summed E-state index contributed by atoms with van der Waals surface area (Å²) in [5, 5.41) is 0. The largest absolute Gasteiger partial charge is 0.462 e. The Labute approximate surface area is 409 Å². The summed E-state index contributed by atoms with van der Waals surface area (Å²) in [6.07, 6.45) is 67.1. The minimum Gasteiger partial charge on any atom is -0.462 e. The average Bonchev–Trinajstić information content (AvgIpc) is 3.31. The van der Waals surface area contributed by atoms with Gasteiger partial charge in [0.05, 0.1) is 0 Å². The molecule has 6 heteroatoms. The van der Waals surface area contributed by atoms with Crippen molar-refractivity contribution in [3.05, 3.63) is 48.6 Å². The van der Waals surface area contributed by atoms with Gasteiger partial charge in [0.25, 0.3) is 0 Å². The summed E-state index contributed by atoms with van der Waals surface area (Å²) in [6, 6.07) is 0. The highest BCUT2D eigenvalue weighted by Crippen LogP contribution is 2.16. The van der Waals surface area contributed by atoms with E-state index in [0.29, 0.717) is 19.3 Å². The van der Waals surface area contributed by atoms with Crippen LogP contribution in [0.3, 0.4) is 0 Å². The zero-order chi connectivity index (χ0) is 47.9. The van der Waals surface area contributed by atoms with E-state index in [2.05, 4.69) is 69.4 Å². The lowest BCUT2D eigenvalue weighted by Gasteiger charge is -2.18. The SMILES string of the molecule is CCCCC/C=C\C/C=C\CCCCCCCC(=O)OC(COC(=O)CCCCCCCC)COC(=O)CCCCCCCCCCCCCCCCC/C=C\C/C=C\CCCCCCC. The summed E-state index contributed by atoms with van der Waals surface area (Å²) in [7, 11) is 0. The lowest BCUT2D eigenvalue weighted by molar-refractivity contribution is -0.167. The highest BCUT2D eigenvalue weighted by atomic mass is 16.6. The zero-order valence-electron chi connectivity index (χ0n) is 44.0. The lowest BCUT2D eigenvalue weighted by atomic mass is 10.0. The van der Waals surface area contributed by atoms with E-state index < -0.39 is 6.10 Å². The molecule has 384 valence electrons. The maximum atomic E-state index is 12.8. The van der Waals surface area contributed by atoms with Crippen LogP contribution >= 0.6 is 0 Å². The van der Waals surface area contributed by atoms with Gasteiger partial charge in [-0.25, -0.2) is 0 Å². The Morgan fingerprint density at radius 1 is 0.303 bits per heavy atom. The van der Waals surface area contributed by atoms with Gasteiger partial charge in [-0.3, -0.25) is 14.4 Å². The molecule has 0 aromatic heterocycles. The molecule has 0 spiro atoms. The molecule has 0 aliphatic heterocycles. The first-order valence-electron chi connectivity index (χ1n) is 28.6. The standard InChI is InChI=1S/C60H108O6/c1-4-7-10-13-16-18-20-22-24-25-26-27-28-29-30-31-32-33-34-35-37-38-40-42-44-47-50-53-59(62)65-56-57(55-64-58(61)52-49-46-15-12-9-6-3)66-60(63)54-51-48-45-43-41-39-36-23-21-19-17-14-11-8-5-2/h17,19-20,22-23,25-26,36,57H,4-16,18,21,24,27-35,37-56H2,1-3H3/b19-17-,22-20-,26-25-,36-23-. The smallest absolute Gasteiger partial charge is 0.306 e. The van der Waals surface area contributed by atoms with Crippen LogP contribution < -0.4 is 0 Å². The minimum absolute atomic E-state index is 0.0767. The van der Waals surface area contributed by atoms with Crippen LogP contribution in [0.2, 0.25) is 0 Å². The summed E-state index contributed by atoms with van der Waals surface area (Å²) in [5.74, 6) is -0.891. The molecule has 0 heterocycles. The molecule has 0 aromatic rings. The van der Waals surface area contributed by atoms with Crippen molar-refractivity contribution in [2.75, 3.05) is 13.2 Å². The molecule has 0 aliphatic carbocycles. The van der Waals surface area contributed by atoms with E-state index in [9.17, 15) is 14.4 Å². The topological polar surface area (TPSA) is 78.9 Å². The molecule has 0 N–H and O–H groups in total. The van der Waals surface area contributed by atoms with Gasteiger partial charge in [0, 0.05) is 19.3 Å². The van der Waals surface area contributed by atoms with Gasteiger partial charge in [0.1, 0.15) is 13.2 Å². The van der Waals surface area contributed by atoms with Crippen molar-refractivity contribution in [2.24, 2.45) is 0 Å². The van der Waals surface area contributed by atoms with Gasteiger partial charge in [-0.1, -0.05) is 243 Å². The van der Waals surface area contributed by atoms with E-state index in [0.717, 1.165) is 89.9 Å². The van der Waals surface area contributed by atoms with Crippen LogP contribution in [-0.2, 0) is 28.6 Å². The molecular weight excluding hydrogens is 817 g/mol. The molecule has 0 aromatic carbocycles. The molecule has 1 atom stereocenters. The molecule has 0 fully saturated rings. The quantitative estimate of drug-likeness (QED) is 0.0262. The van der Waals surface area contributed by atoms with Crippen molar-refractivity contribution >= 4 is 17.9 Å². The molecule has 6 nitrogen and oxygen atoms in total. The van der Waals surface area contributed by atoms with Crippen LogP contribution in [-0.4, -0.2) is 37.2 Å². The second-order valence-electron chi connectivity index (χ2n) is 19.2. The van der Waals surface area contributed by atoms with E-state index in [-0.39, 0.29) is 31.1 Å². The normalized spacial score (nSPS) is 12.3. The van der Waals surface area contributed by atoms with Gasteiger partial charge < -0.3 is 14.2 Å². The van der Waals surface area contributed by atoms with E-state index in [1.165, 1.54) is 167 Å². The number of carbonyl (C=O) groups is 3. The van der Waals surface area contributed by atoms with Crippen molar-refractivity contribution in [3.8, 4) is 0 Å². The maximum Gasteiger partial charge on any atom is 0.306 e. The van der Waals surface area contributed by atoms with Crippen LogP contribution in [0.4, 0.5) is 0 Å². The Morgan fingerprint density at radius 3 is 0.864 bits per heavy atom. The monoisotopic (exact) mass is 925 g/mol. The summed E-state index contributed by atoms with van der Waals surface area (Å²) in [6.45, 7) is 6.55. The van der Waals surface area contributed by atoms with Gasteiger partial charge in [-0.15, -0.1) is 0 Å². The summed E-state index contributed by atoms with van der Waals surface area (Å²) >= 11 is 0. The Hall–Kier alpha value is -2.63. The van der Waals surface area contributed by atoms with Crippen molar-refractivity contribution < 1.29 is 28.6 Å². The first-order chi connectivity index (χ1) is 32.5. The Balaban J connectivity index is 4.06. The minimum atomic E-state index is -0.775. The molecule has 0 radical (unpaired) electrons. The number of hydrogen-bond donors (Lipinski definition) is 0. The predicted octanol–water partition coefficient (Wildman–Crippen LogP) is 19.0. The number of unbranched alkanes of at least 4 members (excludes halogenated alkanes) is 33. The van der Waals surface area contributed by atoms with Crippen LogP contribution in [0.15, 0.2) is 48.6 Å². The summed E-state index contributed by atoms with van der Waals surface area (Å²) in [4.78, 5) is 37.8. The number of allylic oxidation sites excluding steroid dienone is 8. The third-order valence-electron chi connectivity index (χ3n) is 12.6. The van der Waals surface area contributed by atoms with Gasteiger partial charge in [-0.2, -0.15) is 0 Å². The molecule has 66 heavy (non-hydrogen) atoms. The lowest BCUT2D eigenvalue weighted by Crippen LogP contribution is -2.30. The van der Waals surface area contributed by atoms with E-state index in [4.69, 9.17) is 14.2 Å². The van der Waals surface area contributed by atoms with Crippen LogP contribution in [0.5, 0.6) is 0 Å². The van der Waals surface area contributed by atoms with Crippen LogP contribution in [0.1, 0.15) is 297 Å². The molecule has 0 amide bonds. The molecular formula is C60H108O6. The Bertz CT molecular complexity index is 1150. The van der Waals surface area contributed by atoms with Gasteiger partial charge in [0.2, 0.25) is 0 Å². The van der Waals surface area contributed by atoms with E-state index in [1.807, 2.05) is 0 Å². The average molecular weight is 926 g/mol. The molecule has 0 aliphatic rings. The van der Waals surface area contributed by atoms with Crippen molar-refractivity contribution in [1.82, 2.24) is 0 Å². The van der Waals surface area contributed by atoms with Crippen LogP contribution in [0, 0.1) is 0 Å². The van der Waals surface area contributed by atoms with Gasteiger partial charge in [-0.05, 0) is 83.5 Å². The number of rotatable bonds is 52. The molecule has 0 bridgehead atoms. The molecule has 1 unspecified atom stereocenters. The fraction of sp³-hybridized carbons (Fsp3) is 0.817. The predicted molar refractivity (Wildman–Crippen MR) is 284 cm³/mol. The molecule has 0 saturated carbocycles. The Morgan fingerprint density at radius 2 is 0.545 bits per heavy atom. The first kappa shape index (κ1) is 63.4. The van der Waals surface area contributed by atoms with Crippen molar-refractivity contribution in [3.63, 3.8) is 0 Å². The second kappa shape index (κ2) is 55.0. The van der Waals surface area contributed by atoms with Crippen molar-refractivity contribution in [2.45, 2.75) is 303 Å².